The van der Waals surface area contributed by atoms with E-state index in [1.54, 1.807) is 11.9 Å². The van der Waals surface area contributed by atoms with Gasteiger partial charge in [0, 0.05) is 19.6 Å². The number of carbonyl (C=O) groups excluding carboxylic acids is 4. The molecule has 0 saturated carbocycles. The minimum atomic E-state index is -1.12. The van der Waals surface area contributed by atoms with E-state index in [1.807, 2.05) is 0 Å². The second kappa shape index (κ2) is 6.39. The maximum absolute atomic E-state index is 12.9. The molecule has 3 aliphatic heterocycles. The summed E-state index contributed by atoms with van der Waals surface area (Å²) in [7, 11) is 1.72. The number of hydrogen-bond acceptors (Lipinski definition) is 7. The Morgan fingerprint density at radius 3 is 1.75 bits per heavy atom. The third kappa shape index (κ3) is 2.60. The highest BCUT2D eigenvalue weighted by molar-refractivity contribution is 6.01. The molecule has 0 radical (unpaired) electrons. The van der Waals surface area contributed by atoms with E-state index >= 15 is 0 Å². The molecule has 0 aromatic heterocycles. The fourth-order valence-electron chi connectivity index (χ4n) is 5.05. The van der Waals surface area contributed by atoms with Gasteiger partial charge in [-0.05, 0) is 27.3 Å². The summed E-state index contributed by atoms with van der Waals surface area (Å²) in [6.45, 7) is 3.47. The summed E-state index contributed by atoms with van der Waals surface area (Å²) in [5.41, 5.74) is 8.84. The van der Waals surface area contributed by atoms with Crippen LogP contribution < -0.4 is 11.5 Å². The molecule has 0 bridgehead atoms. The Kier molecular flexibility index (Phi) is 4.68. The van der Waals surface area contributed by atoms with Crippen LogP contribution in [0.3, 0.4) is 0 Å². The van der Waals surface area contributed by atoms with Crippen molar-refractivity contribution >= 4 is 23.6 Å². The molecular formula is C17H27N5O6. The largest absolute Gasteiger partial charge is 0.391 e. The molecule has 1 unspecified atom stereocenters. The number of aliphatic hydroxyl groups excluding tert-OH is 2. The second-order valence-corrected chi connectivity index (χ2v) is 8.39. The van der Waals surface area contributed by atoms with Crippen molar-refractivity contribution in [3.8, 4) is 0 Å². The van der Waals surface area contributed by atoms with Gasteiger partial charge in [0.05, 0.1) is 17.6 Å². The zero-order valence-corrected chi connectivity index (χ0v) is 16.2. The highest BCUT2D eigenvalue weighted by Crippen LogP contribution is 2.52. The molecule has 6 N–H and O–H groups in total. The van der Waals surface area contributed by atoms with E-state index in [2.05, 4.69) is 0 Å². The van der Waals surface area contributed by atoms with E-state index in [4.69, 9.17) is 11.5 Å². The quantitative estimate of drug-likeness (QED) is 0.333. The van der Waals surface area contributed by atoms with Gasteiger partial charge in [0.1, 0.15) is 17.6 Å². The highest BCUT2D eigenvalue weighted by atomic mass is 16.3. The maximum Gasteiger partial charge on any atom is 0.245 e. The number of β-lactam (4-membered cyclic amide) rings is 2. The number of rotatable bonds is 6. The van der Waals surface area contributed by atoms with Crippen molar-refractivity contribution in [1.29, 1.82) is 0 Å². The first kappa shape index (κ1) is 20.5. The number of nitrogens with zero attached hydrogens (tertiary/aromatic N) is 3. The number of likely N-dealkylation sites (tertiary alicyclic amines) is 3. The van der Waals surface area contributed by atoms with Crippen LogP contribution in [0.5, 0.6) is 0 Å². The van der Waals surface area contributed by atoms with Crippen LogP contribution in [0.1, 0.15) is 20.3 Å². The van der Waals surface area contributed by atoms with Crippen molar-refractivity contribution < 1.29 is 29.4 Å². The van der Waals surface area contributed by atoms with Crippen LogP contribution in [0, 0.1) is 5.41 Å². The highest BCUT2D eigenvalue weighted by Gasteiger charge is 2.71. The van der Waals surface area contributed by atoms with Gasteiger partial charge in [-0.15, -0.1) is 0 Å². The average Bonchev–Trinajstić information content (AvgIpc) is 2.89. The van der Waals surface area contributed by atoms with E-state index in [0.29, 0.717) is 6.54 Å². The van der Waals surface area contributed by atoms with E-state index in [-0.39, 0.29) is 31.3 Å². The molecule has 156 valence electrons. The lowest BCUT2D eigenvalue weighted by Crippen LogP contribution is -2.76. The van der Waals surface area contributed by atoms with Gasteiger partial charge in [0.15, 0.2) is 0 Å². The lowest BCUT2D eigenvalue weighted by atomic mass is 9.70. The van der Waals surface area contributed by atoms with E-state index in [9.17, 15) is 29.4 Å². The minimum Gasteiger partial charge on any atom is -0.391 e. The Morgan fingerprint density at radius 2 is 1.39 bits per heavy atom. The first-order valence-electron chi connectivity index (χ1n) is 9.16. The van der Waals surface area contributed by atoms with Crippen LogP contribution in [0.15, 0.2) is 0 Å². The lowest BCUT2D eigenvalue weighted by Gasteiger charge is -2.54. The van der Waals surface area contributed by atoms with Crippen molar-refractivity contribution in [2.75, 3.05) is 26.7 Å². The van der Waals surface area contributed by atoms with Crippen molar-refractivity contribution in [2.24, 2.45) is 16.9 Å². The van der Waals surface area contributed by atoms with Gasteiger partial charge >= 0.3 is 0 Å². The van der Waals surface area contributed by atoms with Crippen molar-refractivity contribution in [3.05, 3.63) is 0 Å². The Morgan fingerprint density at radius 1 is 0.929 bits per heavy atom. The molecule has 0 aliphatic carbocycles. The van der Waals surface area contributed by atoms with Gasteiger partial charge < -0.3 is 31.5 Å². The minimum absolute atomic E-state index is 0.172. The molecule has 3 aliphatic rings. The molecule has 11 nitrogen and oxygen atoms in total. The van der Waals surface area contributed by atoms with Crippen LogP contribution in [0.25, 0.3) is 0 Å². The molecule has 28 heavy (non-hydrogen) atoms. The van der Waals surface area contributed by atoms with Crippen molar-refractivity contribution in [2.45, 2.75) is 50.1 Å². The molecule has 6 atom stereocenters. The topological polar surface area (TPSA) is 170 Å². The van der Waals surface area contributed by atoms with Gasteiger partial charge in [0.25, 0.3) is 0 Å². The molecule has 0 aromatic carbocycles. The van der Waals surface area contributed by atoms with Gasteiger partial charge in [-0.3, -0.25) is 24.1 Å². The standard InChI is InChI=1S/C17H27N5O6/c1-8(23)10(12(18)25)21-6-16(14(21)27)4-17(20(3)5-16)7-22(15(17)28)11(9(2)24)13(19)26/h8-11,23-24H,4-7H2,1-3H3,(H2,18,25)(H2,19,26)/t8-,9-,10+,11+,16?,17-/m1/s1. The summed E-state index contributed by atoms with van der Waals surface area (Å²) in [6.07, 6.45) is -1.98. The van der Waals surface area contributed by atoms with Crippen LogP contribution in [0.4, 0.5) is 0 Å². The lowest BCUT2D eigenvalue weighted by molar-refractivity contribution is -0.174. The van der Waals surface area contributed by atoms with Crippen LogP contribution in [-0.4, -0.2) is 105 Å². The third-order valence-electron chi connectivity index (χ3n) is 6.35. The average molecular weight is 397 g/mol. The summed E-state index contributed by atoms with van der Waals surface area (Å²) < 4.78 is 0. The summed E-state index contributed by atoms with van der Waals surface area (Å²) in [5, 5.41) is 19.6. The van der Waals surface area contributed by atoms with Crippen LogP contribution in [0.2, 0.25) is 0 Å². The van der Waals surface area contributed by atoms with E-state index in [0.717, 1.165) is 0 Å². The summed E-state index contributed by atoms with van der Waals surface area (Å²) in [5.74, 6) is -2.26. The predicted molar refractivity (Wildman–Crippen MR) is 95.2 cm³/mol. The van der Waals surface area contributed by atoms with E-state index in [1.165, 1.54) is 23.6 Å². The number of nitrogens with two attached hydrogens (primary N) is 2. The number of aliphatic hydroxyl groups is 2. The summed E-state index contributed by atoms with van der Waals surface area (Å²) >= 11 is 0. The molecular weight excluding hydrogens is 370 g/mol. The number of primary amides is 2. The smallest absolute Gasteiger partial charge is 0.245 e. The number of amides is 4. The van der Waals surface area contributed by atoms with Crippen LogP contribution >= 0.6 is 0 Å². The van der Waals surface area contributed by atoms with Gasteiger partial charge in [0.2, 0.25) is 23.6 Å². The molecule has 3 saturated heterocycles. The SMILES string of the molecule is C[C@@H](O)[C@@H](C(N)=O)N1CC2(CN(C)[C@@]3(CN([C@H](C(N)=O)[C@@H](C)O)C3=O)C2)C1=O. The zero-order valence-electron chi connectivity index (χ0n) is 16.2. The molecule has 3 rings (SSSR count). The first-order valence-corrected chi connectivity index (χ1v) is 9.16. The molecule has 3 fully saturated rings. The van der Waals surface area contributed by atoms with Gasteiger partial charge in [-0.1, -0.05) is 0 Å². The number of likely N-dealkylation sites (N-methyl/N-ethyl adjacent to an activating group) is 1. The molecule has 4 amide bonds. The van der Waals surface area contributed by atoms with E-state index < -0.39 is 47.1 Å². The monoisotopic (exact) mass is 397 g/mol. The fraction of sp³-hybridized carbons (Fsp3) is 0.765. The zero-order chi connectivity index (χ0) is 21.2. The van der Waals surface area contributed by atoms with Gasteiger partial charge in [-0.2, -0.15) is 0 Å². The Hall–Kier alpha value is -2.24. The molecule has 2 spiro atoms. The predicted octanol–water partition coefficient (Wildman–Crippen LogP) is -3.80. The van der Waals surface area contributed by atoms with Gasteiger partial charge in [-0.25, -0.2) is 0 Å². The van der Waals surface area contributed by atoms with Crippen molar-refractivity contribution in [3.63, 3.8) is 0 Å². The molecule has 3 heterocycles. The first-order chi connectivity index (χ1) is 12.9. The molecule has 0 aromatic rings. The number of carbonyl (C=O) groups is 4. The molecule has 11 heteroatoms. The summed E-state index contributed by atoms with van der Waals surface area (Å²) in [4.78, 5) is 53.3. The second-order valence-electron chi connectivity index (χ2n) is 8.39. The normalized spacial score (nSPS) is 34.2. The van der Waals surface area contributed by atoms with Crippen LogP contribution in [-0.2, 0) is 19.2 Å². The Bertz CT molecular complexity index is 742. The Balaban J connectivity index is 1.76. The third-order valence-corrected chi connectivity index (χ3v) is 6.35. The fourth-order valence-corrected chi connectivity index (χ4v) is 5.05. The number of hydrogen-bond donors (Lipinski definition) is 4. The van der Waals surface area contributed by atoms with Crippen molar-refractivity contribution in [1.82, 2.24) is 14.7 Å². The maximum atomic E-state index is 12.9. The summed E-state index contributed by atoms with van der Waals surface area (Å²) in [6, 6.07) is -2.23. The Labute approximate surface area is 162 Å².